The normalized spacial score (nSPS) is 12.4. The van der Waals surface area contributed by atoms with Crippen molar-refractivity contribution < 1.29 is 37.6 Å². The zero-order valence-corrected chi connectivity index (χ0v) is 37.4. The van der Waals surface area contributed by atoms with Crippen molar-refractivity contribution in [2.45, 2.75) is 216 Å². The fourth-order valence-electron chi connectivity index (χ4n) is 5.70. The fourth-order valence-corrected chi connectivity index (χ4v) is 13.0. The number of unbranched alkanes of at least 4 members (excludes halogenated alkanes) is 24. The van der Waals surface area contributed by atoms with Crippen molar-refractivity contribution in [3.63, 3.8) is 0 Å². The van der Waals surface area contributed by atoms with E-state index in [-0.39, 0.29) is 24.0 Å². The molecule has 0 rings (SSSR count). The predicted octanol–water partition coefficient (Wildman–Crippen LogP) is 12.6. The first kappa shape index (κ1) is 50.0. The van der Waals surface area contributed by atoms with Crippen LogP contribution in [-0.2, 0) is 13.6 Å². The van der Waals surface area contributed by atoms with Gasteiger partial charge in [-0.05, 0) is 25.7 Å². The van der Waals surface area contributed by atoms with E-state index in [1.54, 1.807) is 0 Å². The monoisotopic (exact) mass is 856 g/mol. The molecule has 0 aromatic heterocycles. The second-order valence-electron chi connectivity index (χ2n) is 14.9. The van der Waals surface area contributed by atoms with E-state index in [1.165, 1.54) is 167 Å². The minimum absolute atomic E-state index is 0. The molecule has 0 aliphatic heterocycles. The van der Waals surface area contributed by atoms with E-state index >= 15 is 0 Å². The number of hydrogen-bond acceptors (Lipinski definition) is 3. The van der Waals surface area contributed by atoms with Gasteiger partial charge in [-0.2, -0.15) is 0 Å². The number of rotatable bonds is 37. The van der Waals surface area contributed by atoms with Crippen LogP contribution in [0.4, 0.5) is 0 Å². The molecule has 6 heteroatoms. The van der Waals surface area contributed by atoms with Gasteiger partial charge in [0.1, 0.15) is 0 Å². The Balaban J connectivity index is 0. The van der Waals surface area contributed by atoms with Crippen LogP contribution in [0.1, 0.15) is 194 Å². The fraction of sp³-hybridized carbons (Fsp3) is 0.902. The topological polar surface area (TPSA) is 35.5 Å². The number of allylic oxidation sites excluding steroid dienone is 4. The molecule has 0 heterocycles. The first-order valence-corrected chi connectivity index (χ1v) is 29.0. The molecule has 0 N–H and O–H groups in total. The van der Waals surface area contributed by atoms with E-state index in [4.69, 9.17) is 9.05 Å². The maximum atomic E-state index is 13.6. The molecule has 0 spiro atoms. The zero-order valence-electron chi connectivity index (χ0n) is 32.4. The van der Waals surface area contributed by atoms with Crippen molar-refractivity contribution in [2.24, 2.45) is 0 Å². The van der Waals surface area contributed by atoms with Gasteiger partial charge < -0.3 is 24.0 Å². The van der Waals surface area contributed by atoms with E-state index in [9.17, 15) is 4.57 Å². The molecule has 0 aliphatic carbocycles. The maximum absolute atomic E-state index is 13.6. The van der Waals surface area contributed by atoms with Crippen LogP contribution in [0.3, 0.4) is 0 Å². The summed E-state index contributed by atoms with van der Waals surface area (Å²) in [6.07, 6.45) is 46.5. The van der Waals surface area contributed by atoms with Gasteiger partial charge in [0.05, 0.1) is 0 Å². The summed E-state index contributed by atoms with van der Waals surface area (Å²) in [5.74, 6) is 0. The second kappa shape index (κ2) is 38.2. The van der Waals surface area contributed by atoms with Crippen LogP contribution >= 0.6 is 7.60 Å². The summed E-state index contributed by atoms with van der Waals surface area (Å²) in [6.45, 7) is 5.73. The number of hydrogen-bond donors (Lipinski definition) is 0. The van der Waals surface area contributed by atoms with Crippen LogP contribution in [-0.4, -0.2) is 32.9 Å². The van der Waals surface area contributed by atoms with Gasteiger partial charge in [0.2, 0.25) is 0 Å². The van der Waals surface area contributed by atoms with Gasteiger partial charge in [0.25, 0.3) is 0 Å². The van der Waals surface area contributed by atoms with E-state index in [2.05, 4.69) is 55.3 Å². The Morgan fingerprint density at radius 3 is 1.02 bits per heavy atom. The van der Waals surface area contributed by atoms with Gasteiger partial charge in [-0.3, -0.25) is 0 Å². The van der Waals surface area contributed by atoms with Crippen LogP contribution in [0.25, 0.3) is 0 Å². The van der Waals surface area contributed by atoms with Gasteiger partial charge in [0.15, 0.2) is 0 Å². The van der Waals surface area contributed by atoms with Crippen molar-refractivity contribution in [2.75, 3.05) is 19.4 Å². The Labute approximate surface area is 316 Å². The van der Waals surface area contributed by atoms with Crippen LogP contribution in [0.2, 0.25) is 22.3 Å². The van der Waals surface area contributed by atoms with E-state index in [0.717, 1.165) is 18.1 Å². The molecule has 3 nitrogen and oxygen atoms in total. The van der Waals surface area contributed by atoms with Gasteiger partial charge in [-0.25, -0.2) is 0 Å². The molecule has 0 aromatic rings. The summed E-state index contributed by atoms with van der Waals surface area (Å²) < 4.78 is 25.6. The SMILES string of the molecule is CCCCCCCC/C=C\CCCCCCCCOP(=O)(CC[As+](C)(C)C)OCCCCCCCC/C=C\CCCCCCCC.[I-]. The van der Waals surface area contributed by atoms with Gasteiger partial charge >= 0.3 is 166 Å². The Morgan fingerprint density at radius 1 is 0.447 bits per heavy atom. The molecule has 0 aliphatic rings. The number of halogens is 1. The minimum atomic E-state index is -2.97. The van der Waals surface area contributed by atoms with Crippen LogP contribution < -0.4 is 24.0 Å². The minimum Gasteiger partial charge on any atom is -1.00 e. The molecule has 282 valence electrons. The summed E-state index contributed by atoms with van der Waals surface area (Å²) in [4.78, 5) is 0. The van der Waals surface area contributed by atoms with Crippen LogP contribution in [0.15, 0.2) is 24.3 Å². The Kier molecular flexibility index (Phi) is 40.6. The van der Waals surface area contributed by atoms with Crippen LogP contribution in [0, 0.1) is 0 Å². The first-order valence-electron chi connectivity index (χ1n) is 20.3. The van der Waals surface area contributed by atoms with Gasteiger partial charge in [-0.1, -0.05) is 102 Å². The molecule has 0 unspecified atom stereocenters. The van der Waals surface area contributed by atoms with E-state index in [1.807, 2.05) is 0 Å². The van der Waals surface area contributed by atoms with Crippen LogP contribution in [0.5, 0.6) is 0 Å². The standard InChI is InChI=1S/C41H83AsO3P.HI/c1-6-8-10-12-14-16-18-20-22-24-26-28-30-32-34-36-39-44-46(43,41-38-42(3,4)5)45-40-37-35-33-31-29-27-25-23-21-19-17-15-13-11-9-7-2;/h20-23H,6-19,24-41H2,1-5H3;1H/q+1;/p-1/b22-20-,23-21-;. The second-order valence-corrected chi connectivity index (χ2v) is 27.6. The zero-order chi connectivity index (χ0) is 33.9. The van der Waals surface area contributed by atoms with Gasteiger partial charge in [0, 0.05) is 0 Å². The summed E-state index contributed by atoms with van der Waals surface area (Å²) in [6, 6.07) is 0. The van der Waals surface area contributed by atoms with E-state index < -0.39 is 21.1 Å². The molecule has 0 saturated heterocycles. The molecule has 0 aromatic carbocycles. The molecule has 47 heavy (non-hydrogen) atoms. The summed E-state index contributed by atoms with van der Waals surface area (Å²) in [7, 11) is -2.97. The van der Waals surface area contributed by atoms with Crippen molar-refractivity contribution in [3.8, 4) is 0 Å². The predicted molar refractivity (Wildman–Crippen MR) is 211 cm³/mol. The van der Waals surface area contributed by atoms with Crippen molar-refractivity contribution in [3.05, 3.63) is 24.3 Å². The summed E-state index contributed by atoms with van der Waals surface area (Å²) >= 11 is -1.63. The van der Waals surface area contributed by atoms with Crippen molar-refractivity contribution in [1.29, 1.82) is 0 Å². The summed E-state index contributed by atoms with van der Waals surface area (Å²) in [5.41, 5.74) is 7.12. The first-order chi connectivity index (χ1) is 22.3. The van der Waals surface area contributed by atoms with E-state index in [0.29, 0.717) is 19.4 Å². The average molecular weight is 857 g/mol. The Bertz CT molecular complexity index is 674. The molecular formula is C41H83AsIO3P. The third-order valence-electron chi connectivity index (χ3n) is 8.93. The Hall–Kier alpha value is 0.918. The molecule has 0 saturated carbocycles. The molecule has 0 bridgehead atoms. The molecule has 0 amide bonds. The third kappa shape index (κ3) is 41.2. The molecule has 0 radical (unpaired) electrons. The van der Waals surface area contributed by atoms with Crippen molar-refractivity contribution in [1.82, 2.24) is 0 Å². The van der Waals surface area contributed by atoms with Gasteiger partial charge in [-0.15, -0.1) is 0 Å². The van der Waals surface area contributed by atoms with Crippen molar-refractivity contribution >= 4 is 21.1 Å². The molecular weight excluding hydrogens is 773 g/mol. The smallest absolute Gasteiger partial charge is 1.00 e. The Morgan fingerprint density at radius 2 is 0.723 bits per heavy atom. The average Bonchev–Trinajstić information content (AvgIpc) is 3.03. The molecule has 0 fully saturated rings. The molecule has 0 atom stereocenters. The third-order valence-corrected chi connectivity index (χ3v) is 14.9. The quantitative estimate of drug-likeness (QED) is 0.0205. The summed E-state index contributed by atoms with van der Waals surface area (Å²) in [5, 5.41) is 1.04.